The summed E-state index contributed by atoms with van der Waals surface area (Å²) < 4.78 is 9.99. The molecule has 0 heterocycles. The largest absolute Gasteiger partial charge is 0.494 e. The molecule has 0 saturated carbocycles. The van der Waals surface area contributed by atoms with Crippen molar-refractivity contribution in [3.05, 3.63) is 0 Å². The highest BCUT2D eigenvalue weighted by molar-refractivity contribution is 6.71. The van der Waals surface area contributed by atoms with Crippen LogP contribution in [0.25, 0.3) is 0 Å². The Labute approximate surface area is 81.6 Å². The van der Waals surface area contributed by atoms with Gasteiger partial charge in [0.1, 0.15) is 0 Å². The molecule has 0 bridgehead atoms. The normalized spacial score (nSPS) is 11.1. The zero-order valence-corrected chi connectivity index (χ0v) is 10.1. The van der Waals surface area contributed by atoms with Crippen LogP contribution in [0.1, 0.15) is 26.2 Å². The smallest absolute Gasteiger partial charge is 0.490 e. The van der Waals surface area contributed by atoms with E-state index in [0.717, 1.165) is 19.3 Å². The van der Waals surface area contributed by atoms with Gasteiger partial charge >= 0.3 is 6.16 Å². The fourth-order valence-corrected chi connectivity index (χ4v) is 1.35. The molecule has 0 aromatic heterocycles. The summed E-state index contributed by atoms with van der Waals surface area (Å²) in [6.45, 7) is 8.47. The molecule has 0 unspecified atom stereocenters. The molecule has 0 spiro atoms. The summed E-state index contributed by atoms with van der Waals surface area (Å²) in [7, 11) is -1.76. The first-order valence-electron chi connectivity index (χ1n) is 4.81. The van der Waals surface area contributed by atoms with E-state index in [1.54, 1.807) is 0 Å². The van der Waals surface area contributed by atoms with E-state index in [4.69, 9.17) is 9.16 Å². The third-order valence-corrected chi connectivity index (χ3v) is 2.14. The maximum Gasteiger partial charge on any atom is 0.494 e. The number of hydrogen-bond donors (Lipinski definition) is 0. The molecule has 0 saturated heterocycles. The van der Waals surface area contributed by atoms with E-state index in [-0.39, 0.29) is 0 Å². The zero-order chi connectivity index (χ0) is 10.3. The summed E-state index contributed by atoms with van der Waals surface area (Å²) in [6.07, 6.45) is 2.65. The van der Waals surface area contributed by atoms with Crippen molar-refractivity contribution in [2.75, 3.05) is 6.61 Å². The van der Waals surface area contributed by atoms with Crippen LogP contribution >= 0.6 is 0 Å². The first-order valence-corrected chi connectivity index (χ1v) is 8.22. The Morgan fingerprint density at radius 1 is 1.23 bits per heavy atom. The van der Waals surface area contributed by atoms with Gasteiger partial charge in [0.25, 0.3) is 8.32 Å². The Bertz CT molecular complexity index is 151. The van der Waals surface area contributed by atoms with Crippen LogP contribution in [0.2, 0.25) is 19.6 Å². The summed E-state index contributed by atoms with van der Waals surface area (Å²) in [5, 5.41) is 0. The van der Waals surface area contributed by atoms with Gasteiger partial charge in [0.05, 0.1) is 6.61 Å². The van der Waals surface area contributed by atoms with E-state index in [9.17, 15) is 4.79 Å². The standard InChI is InChI=1S/C9H20O3Si/c1-5-6-7-8-11-9(10)12-13(2,3)4/h5-8H2,1-4H3. The molecule has 0 fully saturated rings. The topological polar surface area (TPSA) is 35.5 Å². The number of carbonyl (C=O) groups excluding carboxylic acids is 1. The first kappa shape index (κ1) is 12.5. The SMILES string of the molecule is CCCCCOC(=O)O[Si](C)(C)C. The zero-order valence-electron chi connectivity index (χ0n) is 9.05. The number of carbonyl (C=O) groups is 1. The van der Waals surface area contributed by atoms with Gasteiger partial charge in [-0.3, -0.25) is 0 Å². The van der Waals surface area contributed by atoms with Crippen molar-refractivity contribution >= 4 is 14.5 Å². The second-order valence-corrected chi connectivity index (χ2v) is 8.45. The molecule has 4 heteroatoms. The molecule has 78 valence electrons. The maximum atomic E-state index is 11.0. The monoisotopic (exact) mass is 204 g/mol. The van der Waals surface area contributed by atoms with E-state index in [0.29, 0.717) is 6.61 Å². The predicted octanol–water partition coefficient (Wildman–Crippen LogP) is 3.16. The molecule has 0 aliphatic carbocycles. The van der Waals surface area contributed by atoms with Crippen LogP contribution in [0.4, 0.5) is 4.79 Å². The van der Waals surface area contributed by atoms with Crippen molar-refractivity contribution in [1.29, 1.82) is 0 Å². The molecule has 0 amide bonds. The van der Waals surface area contributed by atoms with E-state index in [2.05, 4.69) is 6.92 Å². The van der Waals surface area contributed by atoms with Crippen LogP contribution in [0, 0.1) is 0 Å². The maximum absolute atomic E-state index is 11.0. The summed E-state index contributed by atoms with van der Waals surface area (Å²) in [5.74, 6) is 0. The summed E-state index contributed by atoms with van der Waals surface area (Å²) in [5.41, 5.74) is 0. The van der Waals surface area contributed by atoms with E-state index >= 15 is 0 Å². The number of unbranched alkanes of at least 4 members (excludes halogenated alkanes) is 2. The van der Waals surface area contributed by atoms with E-state index in [1.165, 1.54) is 0 Å². The highest BCUT2D eigenvalue weighted by atomic mass is 28.4. The summed E-state index contributed by atoms with van der Waals surface area (Å²) in [4.78, 5) is 11.0. The Morgan fingerprint density at radius 3 is 2.31 bits per heavy atom. The summed E-state index contributed by atoms with van der Waals surface area (Å²) >= 11 is 0. The number of ether oxygens (including phenoxy) is 1. The second-order valence-electron chi connectivity index (χ2n) is 4.02. The van der Waals surface area contributed by atoms with Gasteiger partial charge in [-0.25, -0.2) is 4.79 Å². The molecular weight excluding hydrogens is 184 g/mol. The molecule has 3 nitrogen and oxygen atoms in total. The minimum absolute atomic E-state index is 0.483. The van der Waals surface area contributed by atoms with Crippen molar-refractivity contribution in [1.82, 2.24) is 0 Å². The minimum Gasteiger partial charge on any atom is -0.490 e. The van der Waals surface area contributed by atoms with Crippen molar-refractivity contribution in [3.63, 3.8) is 0 Å². The van der Waals surface area contributed by atoms with Crippen LogP contribution in [0.3, 0.4) is 0 Å². The molecule has 0 aliphatic rings. The fourth-order valence-electron chi connectivity index (χ4n) is 0.787. The average Bonchev–Trinajstić information content (AvgIpc) is 1.94. The van der Waals surface area contributed by atoms with Crippen molar-refractivity contribution in [3.8, 4) is 0 Å². The third-order valence-electron chi connectivity index (χ3n) is 1.36. The molecule has 0 aromatic carbocycles. The van der Waals surface area contributed by atoms with Gasteiger partial charge in [0.2, 0.25) is 0 Å². The molecule has 0 radical (unpaired) electrons. The molecule has 0 N–H and O–H groups in total. The molecule has 0 aromatic rings. The van der Waals surface area contributed by atoms with Gasteiger partial charge in [-0.2, -0.15) is 0 Å². The van der Waals surface area contributed by atoms with Crippen LogP contribution < -0.4 is 0 Å². The quantitative estimate of drug-likeness (QED) is 0.392. The van der Waals surface area contributed by atoms with Crippen LogP contribution in [-0.2, 0) is 9.16 Å². The second kappa shape index (κ2) is 6.02. The van der Waals surface area contributed by atoms with Crippen LogP contribution in [0.15, 0.2) is 0 Å². The van der Waals surface area contributed by atoms with E-state index < -0.39 is 14.5 Å². The van der Waals surface area contributed by atoms with Crippen molar-refractivity contribution in [2.24, 2.45) is 0 Å². The lowest BCUT2D eigenvalue weighted by Crippen LogP contribution is -2.29. The van der Waals surface area contributed by atoms with Gasteiger partial charge in [0.15, 0.2) is 0 Å². The Morgan fingerprint density at radius 2 is 1.85 bits per heavy atom. The third kappa shape index (κ3) is 9.40. The highest BCUT2D eigenvalue weighted by Crippen LogP contribution is 2.04. The van der Waals surface area contributed by atoms with Gasteiger partial charge in [-0.15, -0.1) is 0 Å². The molecule has 0 rings (SSSR count). The Hall–Kier alpha value is -0.513. The lowest BCUT2D eigenvalue weighted by molar-refractivity contribution is 0.0954. The van der Waals surface area contributed by atoms with Crippen LogP contribution in [0.5, 0.6) is 0 Å². The lowest BCUT2D eigenvalue weighted by Gasteiger charge is -2.16. The summed E-state index contributed by atoms with van der Waals surface area (Å²) in [6, 6.07) is 0. The number of hydrogen-bond acceptors (Lipinski definition) is 3. The molecule has 0 atom stereocenters. The lowest BCUT2D eigenvalue weighted by atomic mass is 10.3. The Balaban J connectivity index is 3.41. The van der Waals surface area contributed by atoms with Crippen LogP contribution in [-0.4, -0.2) is 21.1 Å². The van der Waals surface area contributed by atoms with Crippen molar-refractivity contribution < 1.29 is 14.0 Å². The molecular formula is C9H20O3Si. The number of rotatable bonds is 5. The average molecular weight is 204 g/mol. The first-order chi connectivity index (χ1) is 5.95. The fraction of sp³-hybridized carbons (Fsp3) is 0.889. The van der Waals surface area contributed by atoms with Gasteiger partial charge in [-0.1, -0.05) is 19.8 Å². The molecule has 0 aliphatic heterocycles. The highest BCUT2D eigenvalue weighted by Gasteiger charge is 2.20. The predicted molar refractivity (Wildman–Crippen MR) is 55.3 cm³/mol. The molecule has 13 heavy (non-hydrogen) atoms. The van der Waals surface area contributed by atoms with E-state index in [1.807, 2.05) is 19.6 Å². The minimum atomic E-state index is -1.76. The Kier molecular flexibility index (Phi) is 5.78. The van der Waals surface area contributed by atoms with Crippen molar-refractivity contribution in [2.45, 2.75) is 45.8 Å². The van der Waals surface area contributed by atoms with Gasteiger partial charge < -0.3 is 9.16 Å². The van der Waals surface area contributed by atoms with Gasteiger partial charge in [0, 0.05) is 0 Å². The van der Waals surface area contributed by atoms with Gasteiger partial charge in [-0.05, 0) is 26.1 Å².